The molecule has 1 N–H and O–H groups in total. The summed E-state index contributed by atoms with van der Waals surface area (Å²) in [5, 5.41) is 10.1. The molecule has 1 aliphatic carbocycles. The van der Waals surface area contributed by atoms with Gasteiger partial charge in [0.25, 0.3) is 0 Å². The van der Waals surface area contributed by atoms with Crippen molar-refractivity contribution in [2.24, 2.45) is 0 Å². The van der Waals surface area contributed by atoms with Gasteiger partial charge in [-0.25, -0.2) is 0 Å². The molecule has 0 spiro atoms. The fourth-order valence-electron chi connectivity index (χ4n) is 2.45. The zero-order valence-corrected chi connectivity index (χ0v) is 12.0. The van der Waals surface area contributed by atoms with Gasteiger partial charge in [0.2, 0.25) is 0 Å². The van der Waals surface area contributed by atoms with Gasteiger partial charge in [0.15, 0.2) is 11.5 Å². The molecule has 3 rings (SSSR count). The lowest BCUT2D eigenvalue weighted by atomic mass is 9.97. The molecule has 0 saturated heterocycles. The van der Waals surface area contributed by atoms with E-state index < -0.39 is 5.60 Å². The van der Waals surface area contributed by atoms with Gasteiger partial charge in [0.05, 0.1) is 10.1 Å². The van der Waals surface area contributed by atoms with Crippen molar-refractivity contribution in [3.8, 4) is 11.5 Å². The van der Waals surface area contributed by atoms with Crippen LogP contribution in [0.4, 0.5) is 0 Å². The fourth-order valence-corrected chi connectivity index (χ4v) is 3.29. The number of benzene rings is 1. The molecular weight excluding hydrogens is 296 g/mol. The molecule has 1 heterocycles. The molecule has 0 radical (unpaired) electrons. The zero-order chi connectivity index (χ0) is 12.8. The van der Waals surface area contributed by atoms with E-state index in [1.807, 2.05) is 6.07 Å². The average molecular weight is 313 g/mol. The lowest BCUT2D eigenvalue weighted by molar-refractivity contribution is 0.149. The molecule has 1 saturated carbocycles. The number of ether oxygens (including phenoxy) is 2. The van der Waals surface area contributed by atoms with Crippen LogP contribution in [-0.4, -0.2) is 23.9 Å². The summed E-state index contributed by atoms with van der Waals surface area (Å²) in [4.78, 5) is 0. The SMILES string of the molecule is CCc1c(CC2(O)CC2)cc2c(c1Br)OCCO2. The first-order chi connectivity index (χ1) is 8.63. The zero-order valence-electron chi connectivity index (χ0n) is 10.5. The molecule has 1 aromatic rings. The maximum Gasteiger partial charge on any atom is 0.175 e. The highest BCUT2D eigenvalue weighted by molar-refractivity contribution is 9.10. The Morgan fingerprint density at radius 3 is 2.72 bits per heavy atom. The summed E-state index contributed by atoms with van der Waals surface area (Å²) in [5.74, 6) is 1.61. The summed E-state index contributed by atoms with van der Waals surface area (Å²) >= 11 is 3.62. The Hall–Kier alpha value is -0.740. The highest BCUT2D eigenvalue weighted by Crippen LogP contribution is 2.45. The molecule has 18 heavy (non-hydrogen) atoms. The largest absolute Gasteiger partial charge is 0.486 e. The van der Waals surface area contributed by atoms with Crippen LogP contribution in [0.15, 0.2) is 10.5 Å². The van der Waals surface area contributed by atoms with E-state index in [0.717, 1.165) is 35.2 Å². The molecule has 0 atom stereocenters. The predicted molar refractivity (Wildman–Crippen MR) is 72.4 cm³/mol. The Balaban J connectivity index is 2.03. The van der Waals surface area contributed by atoms with E-state index in [0.29, 0.717) is 19.6 Å². The molecule has 4 heteroatoms. The van der Waals surface area contributed by atoms with Crippen LogP contribution in [0.5, 0.6) is 11.5 Å². The predicted octanol–water partition coefficient (Wildman–Crippen LogP) is 2.85. The maximum absolute atomic E-state index is 10.1. The third-order valence-electron chi connectivity index (χ3n) is 3.67. The van der Waals surface area contributed by atoms with Crippen LogP contribution in [0.25, 0.3) is 0 Å². The third kappa shape index (κ3) is 2.12. The summed E-state index contributed by atoms with van der Waals surface area (Å²) in [5.41, 5.74) is 1.92. The summed E-state index contributed by atoms with van der Waals surface area (Å²) in [6.07, 6.45) is 3.44. The topological polar surface area (TPSA) is 38.7 Å². The van der Waals surface area contributed by atoms with Crippen molar-refractivity contribution in [3.63, 3.8) is 0 Å². The first kappa shape index (κ1) is 12.3. The van der Waals surface area contributed by atoms with Crippen LogP contribution in [0.1, 0.15) is 30.9 Å². The van der Waals surface area contributed by atoms with E-state index >= 15 is 0 Å². The molecule has 98 valence electrons. The van der Waals surface area contributed by atoms with Gasteiger partial charge in [-0.2, -0.15) is 0 Å². The highest BCUT2D eigenvalue weighted by Gasteiger charge is 2.41. The van der Waals surface area contributed by atoms with Crippen LogP contribution >= 0.6 is 15.9 Å². The lowest BCUT2D eigenvalue weighted by Crippen LogP contribution is -2.18. The van der Waals surface area contributed by atoms with Crippen LogP contribution < -0.4 is 9.47 Å². The second-order valence-corrected chi connectivity index (χ2v) is 5.90. The van der Waals surface area contributed by atoms with Gasteiger partial charge in [-0.3, -0.25) is 0 Å². The molecule has 1 aliphatic heterocycles. The number of fused-ring (bicyclic) bond motifs is 1. The van der Waals surface area contributed by atoms with Crippen LogP contribution in [0.3, 0.4) is 0 Å². The van der Waals surface area contributed by atoms with E-state index in [1.165, 1.54) is 11.1 Å². The molecule has 0 bridgehead atoms. The number of hydrogen-bond acceptors (Lipinski definition) is 3. The minimum atomic E-state index is -0.479. The van der Waals surface area contributed by atoms with Crippen molar-refractivity contribution >= 4 is 15.9 Å². The minimum absolute atomic E-state index is 0.479. The molecule has 0 unspecified atom stereocenters. The number of hydrogen-bond donors (Lipinski definition) is 1. The highest BCUT2D eigenvalue weighted by atomic mass is 79.9. The van der Waals surface area contributed by atoms with Gasteiger partial charge in [-0.15, -0.1) is 0 Å². The summed E-state index contributed by atoms with van der Waals surface area (Å²) in [7, 11) is 0. The van der Waals surface area contributed by atoms with Crippen molar-refractivity contribution < 1.29 is 14.6 Å². The summed E-state index contributed by atoms with van der Waals surface area (Å²) in [6, 6.07) is 2.04. The average Bonchev–Trinajstić information content (AvgIpc) is 3.07. The molecule has 3 nitrogen and oxygen atoms in total. The van der Waals surface area contributed by atoms with Gasteiger partial charge in [-0.1, -0.05) is 6.92 Å². The Kier molecular flexibility index (Phi) is 3.02. The summed E-state index contributed by atoms with van der Waals surface area (Å²) < 4.78 is 12.3. The lowest BCUT2D eigenvalue weighted by Gasteiger charge is -2.23. The number of halogens is 1. The van der Waals surface area contributed by atoms with Crippen molar-refractivity contribution in [2.45, 2.75) is 38.2 Å². The Labute approximate surface area is 115 Å². The van der Waals surface area contributed by atoms with Crippen LogP contribution in [0, 0.1) is 0 Å². The van der Waals surface area contributed by atoms with E-state index in [1.54, 1.807) is 0 Å². The standard InChI is InChI=1S/C14H17BrO3/c1-2-10-9(8-14(16)3-4-14)7-11-13(12(10)15)18-6-5-17-11/h7,16H,2-6,8H2,1H3. The Bertz CT molecular complexity index is 480. The molecule has 2 aliphatic rings. The van der Waals surface area contributed by atoms with Crippen molar-refractivity contribution in [1.29, 1.82) is 0 Å². The third-order valence-corrected chi connectivity index (χ3v) is 4.51. The monoisotopic (exact) mass is 312 g/mol. The van der Waals surface area contributed by atoms with Gasteiger partial charge in [0.1, 0.15) is 13.2 Å². The molecule has 1 aromatic carbocycles. The van der Waals surface area contributed by atoms with E-state index in [-0.39, 0.29) is 0 Å². The second kappa shape index (κ2) is 4.42. The number of aliphatic hydroxyl groups is 1. The van der Waals surface area contributed by atoms with Crippen molar-refractivity contribution in [3.05, 3.63) is 21.7 Å². The quantitative estimate of drug-likeness (QED) is 0.932. The second-order valence-electron chi connectivity index (χ2n) is 5.11. The maximum atomic E-state index is 10.1. The molecule has 1 fully saturated rings. The van der Waals surface area contributed by atoms with E-state index in [4.69, 9.17) is 9.47 Å². The van der Waals surface area contributed by atoms with Gasteiger partial charge in [0, 0.05) is 6.42 Å². The Morgan fingerprint density at radius 2 is 2.06 bits per heavy atom. The smallest absolute Gasteiger partial charge is 0.175 e. The van der Waals surface area contributed by atoms with E-state index in [2.05, 4.69) is 22.9 Å². The van der Waals surface area contributed by atoms with Gasteiger partial charge >= 0.3 is 0 Å². The van der Waals surface area contributed by atoms with E-state index in [9.17, 15) is 5.11 Å². The first-order valence-electron chi connectivity index (χ1n) is 6.45. The molecular formula is C14H17BrO3. The fraction of sp³-hybridized carbons (Fsp3) is 0.571. The minimum Gasteiger partial charge on any atom is -0.486 e. The van der Waals surface area contributed by atoms with Crippen molar-refractivity contribution in [1.82, 2.24) is 0 Å². The molecule has 0 amide bonds. The van der Waals surface area contributed by atoms with Crippen LogP contribution in [-0.2, 0) is 12.8 Å². The molecule has 0 aromatic heterocycles. The van der Waals surface area contributed by atoms with Gasteiger partial charge < -0.3 is 14.6 Å². The van der Waals surface area contributed by atoms with Gasteiger partial charge in [-0.05, 0) is 52.4 Å². The summed E-state index contributed by atoms with van der Waals surface area (Å²) in [6.45, 7) is 3.31. The Morgan fingerprint density at radius 1 is 1.33 bits per heavy atom. The van der Waals surface area contributed by atoms with Crippen molar-refractivity contribution in [2.75, 3.05) is 13.2 Å². The first-order valence-corrected chi connectivity index (χ1v) is 7.24. The normalized spacial score (nSPS) is 19.7. The number of rotatable bonds is 3. The van der Waals surface area contributed by atoms with Crippen LogP contribution in [0.2, 0.25) is 0 Å².